The number of hydrogen-bond acceptors (Lipinski definition) is 3. The van der Waals surface area contributed by atoms with Gasteiger partial charge in [-0.05, 0) is 19.2 Å². The van der Waals surface area contributed by atoms with Crippen molar-refractivity contribution < 1.29 is 8.78 Å². The first-order valence-corrected chi connectivity index (χ1v) is 5.56. The molecule has 0 aliphatic carbocycles. The molecule has 1 aromatic heterocycles. The van der Waals surface area contributed by atoms with Crippen molar-refractivity contribution in [2.75, 3.05) is 7.05 Å². The molecule has 0 saturated heterocycles. The lowest BCUT2D eigenvalue weighted by Crippen LogP contribution is -2.02. The molecule has 1 aromatic carbocycles. The van der Waals surface area contributed by atoms with E-state index in [2.05, 4.69) is 10.3 Å². The Morgan fingerprint density at radius 2 is 1.94 bits per heavy atom. The van der Waals surface area contributed by atoms with E-state index in [9.17, 15) is 8.78 Å². The van der Waals surface area contributed by atoms with Crippen LogP contribution in [0.1, 0.15) is 4.88 Å². The summed E-state index contributed by atoms with van der Waals surface area (Å²) in [7, 11) is 1.83. The van der Waals surface area contributed by atoms with E-state index in [0.29, 0.717) is 17.1 Å². The normalized spacial score (nSPS) is 10.7. The van der Waals surface area contributed by atoms with Gasteiger partial charge in [0.15, 0.2) is 0 Å². The van der Waals surface area contributed by atoms with E-state index >= 15 is 0 Å². The van der Waals surface area contributed by atoms with Gasteiger partial charge in [0.25, 0.3) is 0 Å². The molecule has 0 radical (unpaired) electrons. The average Bonchev–Trinajstić information content (AvgIpc) is 2.65. The quantitative estimate of drug-likeness (QED) is 0.892. The summed E-state index contributed by atoms with van der Waals surface area (Å²) in [5, 5.41) is 3.62. The van der Waals surface area contributed by atoms with Gasteiger partial charge in [-0.25, -0.2) is 13.8 Å². The van der Waals surface area contributed by atoms with Gasteiger partial charge < -0.3 is 5.32 Å². The summed E-state index contributed by atoms with van der Waals surface area (Å²) in [6, 6.07) is 3.42. The van der Waals surface area contributed by atoms with Crippen molar-refractivity contribution in [1.29, 1.82) is 0 Å². The van der Waals surface area contributed by atoms with Crippen LogP contribution in [-0.2, 0) is 6.54 Å². The molecule has 16 heavy (non-hydrogen) atoms. The summed E-state index contributed by atoms with van der Waals surface area (Å²) in [5.74, 6) is -1.17. The van der Waals surface area contributed by atoms with Gasteiger partial charge in [0.2, 0.25) is 0 Å². The summed E-state index contributed by atoms with van der Waals surface area (Å²) >= 11 is 1.42. The maximum Gasteiger partial charge on any atom is 0.126 e. The van der Waals surface area contributed by atoms with Crippen molar-refractivity contribution in [3.63, 3.8) is 0 Å². The summed E-state index contributed by atoms with van der Waals surface area (Å²) in [4.78, 5) is 5.16. The molecule has 0 aliphatic heterocycles. The van der Waals surface area contributed by atoms with Crippen LogP contribution in [-0.4, -0.2) is 12.0 Å². The molecule has 0 bridgehead atoms. The number of nitrogens with one attached hydrogen (secondary N) is 1. The monoisotopic (exact) mass is 240 g/mol. The number of thiazole rings is 1. The molecular weight excluding hydrogens is 230 g/mol. The zero-order valence-corrected chi connectivity index (χ0v) is 9.44. The molecule has 0 amide bonds. The molecule has 0 atom stereocenters. The predicted octanol–water partition coefficient (Wildman–Crippen LogP) is 2.81. The number of halogens is 2. The van der Waals surface area contributed by atoms with E-state index in [-0.39, 0.29) is 0 Å². The summed E-state index contributed by atoms with van der Waals surface area (Å²) < 4.78 is 26.0. The van der Waals surface area contributed by atoms with Gasteiger partial charge in [-0.1, -0.05) is 0 Å². The molecule has 5 heteroatoms. The number of benzene rings is 1. The fraction of sp³-hybridized carbons (Fsp3) is 0.182. The van der Waals surface area contributed by atoms with Crippen molar-refractivity contribution in [1.82, 2.24) is 10.3 Å². The van der Waals surface area contributed by atoms with E-state index in [1.165, 1.54) is 23.5 Å². The first kappa shape index (κ1) is 11.2. The van der Waals surface area contributed by atoms with Crippen molar-refractivity contribution in [2.45, 2.75) is 6.54 Å². The standard InChI is InChI=1S/C11H10F2N2S/c1-14-5-10-6-15-11(16-10)7-2-8(12)4-9(13)3-7/h2-4,6,14H,5H2,1H3. The predicted molar refractivity (Wildman–Crippen MR) is 60.2 cm³/mol. The van der Waals surface area contributed by atoms with Crippen molar-refractivity contribution in [3.8, 4) is 10.6 Å². The van der Waals surface area contributed by atoms with Crippen molar-refractivity contribution in [2.24, 2.45) is 0 Å². The molecule has 2 nitrogen and oxygen atoms in total. The first-order chi connectivity index (χ1) is 7.69. The Labute approximate surface area is 96.0 Å². The highest BCUT2D eigenvalue weighted by Crippen LogP contribution is 2.26. The molecule has 0 unspecified atom stereocenters. The molecule has 2 rings (SSSR count). The fourth-order valence-electron chi connectivity index (χ4n) is 1.37. The van der Waals surface area contributed by atoms with Crippen LogP contribution in [0.15, 0.2) is 24.4 Å². The molecule has 0 spiro atoms. The largest absolute Gasteiger partial charge is 0.315 e. The zero-order valence-electron chi connectivity index (χ0n) is 8.63. The second kappa shape index (κ2) is 4.67. The average molecular weight is 240 g/mol. The molecular formula is C11H10F2N2S. The SMILES string of the molecule is CNCc1cnc(-c2cc(F)cc(F)c2)s1. The summed E-state index contributed by atoms with van der Waals surface area (Å²) in [6.07, 6.45) is 1.71. The van der Waals surface area contributed by atoms with Crippen LogP contribution in [0.2, 0.25) is 0 Å². The Kier molecular flexibility index (Phi) is 3.26. The Bertz CT molecular complexity index is 476. The van der Waals surface area contributed by atoms with Gasteiger partial charge in [-0.3, -0.25) is 0 Å². The lowest BCUT2D eigenvalue weighted by atomic mass is 10.2. The van der Waals surface area contributed by atoms with Crippen molar-refractivity contribution in [3.05, 3.63) is 40.9 Å². The van der Waals surface area contributed by atoms with Crippen LogP contribution in [0.4, 0.5) is 8.78 Å². The van der Waals surface area contributed by atoms with E-state index in [0.717, 1.165) is 10.9 Å². The summed E-state index contributed by atoms with van der Waals surface area (Å²) in [6.45, 7) is 0.704. The lowest BCUT2D eigenvalue weighted by Gasteiger charge is -1.97. The van der Waals surface area contributed by atoms with E-state index in [4.69, 9.17) is 0 Å². The number of rotatable bonds is 3. The Morgan fingerprint density at radius 3 is 2.56 bits per heavy atom. The van der Waals surface area contributed by atoms with Crippen LogP contribution in [0.25, 0.3) is 10.6 Å². The Balaban J connectivity index is 2.34. The van der Waals surface area contributed by atoms with Gasteiger partial charge >= 0.3 is 0 Å². The summed E-state index contributed by atoms with van der Waals surface area (Å²) in [5.41, 5.74) is 0.477. The van der Waals surface area contributed by atoms with Crippen molar-refractivity contribution >= 4 is 11.3 Å². The minimum absolute atomic E-state index is 0.477. The zero-order chi connectivity index (χ0) is 11.5. The van der Waals surface area contributed by atoms with E-state index in [1.807, 2.05) is 7.05 Å². The minimum Gasteiger partial charge on any atom is -0.315 e. The lowest BCUT2D eigenvalue weighted by molar-refractivity contribution is 0.584. The maximum absolute atomic E-state index is 13.0. The Morgan fingerprint density at radius 1 is 1.25 bits per heavy atom. The highest BCUT2D eigenvalue weighted by Gasteiger charge is 2.07. The van der Waals surface area contributed by atoms with Crippen LogP contribution in [0.3, 0.4) is 0 Å². The smallest absolute Gasteiger partial charge is 0.126 e. The molecule has 0 fully saturated rings. The van der Waals surface area contributed by atoms with Gasteiger partial charge in [-0.15, -0.1) is 11.3 Å². The van der Waals surface area contributed by atoms with Crippen LogP contribution in [0.5, 0.6) is 0 Å². The van der Waals surface area contributed by atoms with Gasteiger partial charge in [-0.2, -0.15) is 0 Å². The number of hydrogen-bond donors (Lipinski definition) is 1. The molecule has 1 heterocycles. The topological polar surface area (TPSA) is 24.9 Å². The van der Waals surface area contributed by atoms with Crippen LogP contribution < -0.4 is 5.32 Å². The highest BCUT2D eigenvalue weighted by molar-refractivity contribution is 7.15. The van der Waals surface area contributed by atoms with Gasteiger partial charge in [0.1, 0.15) is 16.6 Å². The van der Waals surface area contributed by atoms with Gasteiger partial charge in [0.05, 0.1) is 0 Å². The second-order valence-corrected chi connectivity index (χ2v) is 4.44. The van der Waals surface area contributed by atoms with Crippen LogP contribution >= 0.6 is 11.3 Å². The Hall–Kier alpha value is -1.33. The number of nitrogens with zero attached hydrogens (tertiary/aromatic N) is 1. The molecule has 0 aliphatic rings. The molecule has 2 aromatic rings. The third kappa shape index (κ3) is 2.43. The molecule has 84 valence electrons. The maximum atomic E-state index is 13.0. The third-order valence-corrected chi connectivity index (χ3v) is 3.06. The minimum atomic E-state index is -0.583. The van der Waals surface area contributed by atoms with Gasteiger partial charge in [0, 0.05) is 29.2 Å². The first-order valence-electron chi connectivity index (χ1n) is 4.75. The third-order valence-electron chi connectivity index (χ3n) is 2.01. The van der Waals surface area contributed by atoms with E-state index in [1.54, 1.807) is 6.20 Å². The second-order valence-electron chi connectivity index (χ2n) is 3.32. The van der Waals surface area contributed by atoms with Crippen LogP contribution in [0, 0.1) is 11.6 Å². The number of aromatic nitrogens is 1. The molecule has 1 N–H and O–H groups in total. The fourth-order valence-corrected chi connectivity index (χ4v) is 2.29. The molecule has 0 saturated carbocycles. The van der Waals surface area contributed by atoms with E-state index < -0.39 is 11.6 Å². The highest BCUT2D eigenvalue weighted by atomic mass is 32.1.